The van der Waals surface area contributed by atoms with E-state index in [1.807, 2.05) is 42.5 Å². The Morgan fingerprint density at radius 2 is 1.81 bits per heavy atom. The van der Waals surface area contributed by atoms with Crippen LogP contribution in [0.2, 0.25) is 0 Å². The Hall–Kier alpha value is -2.21. The van der Waals surface area contributed by atoms with E-state index < -0.39 is 5.54 Å². The van der Waals surface area contributed by atoms with Crippen molar-refractivity contribution < 1.29 is 14.3 Å². The number of carbonyl (C=O) groups is 1. The number of rotatable bonds is 7. The van der Waals surface area contributed by atoms with Gasteiger partial charge in [0.2, 0.25) is 5.91 Å². The molecule has 3 N–H and O–H groups in total. The Bertz CT molecular complexity index is 712. The molecule has 138 valence electrons. The summed E-state index contributed by atoms with van der Waals surface area (Å²) in [6.45, 7) is 2.23. The van der Waals surface area contributed by atoms with Crippen molar-refractivity contribution >= 4 is 11.6 Å². The predicted octanol–water partition coefficient (Wildman–Crippen LogP) is 2.89. The van der Waals surface area contributed by atoms with E-state index in [4.69, 9.17) is 15.2 Å². The summed E-state index contributed by atoms with van der Waals surface area (Å²) in [5.41, 5.74) is 8.41. The number of hydrogen-bond donors (Lipinski definition) is 2. The molecule has 0 unspecified atom stereocenters. The Labute approximate surface area is 154 Å². The van der Waals surface area contributed by atoms with Crippen LogP contribution in [0.3, 0.4) is 0 Å². The van der Waals surface area contributed by atoms with Gasteiger partial charge in [-0.05, 0) is 42.5 Å². The lowest BCUT2D eigenvalue weighted by molar-refractivity contribution is -0.124. The fourth-order valence-electron chi connectivity index (χ4n) is 2.98. The van der Waals surface area contributed by atoms with Crippen LogP contribution < -0.4 is 11.1 Å². The molecule has 1 aliphatic rings. The van der Waals surface area contributed by atoms with Crippen molar-refractivity contribution in [1.29, 1.82) is 0 Å². The molecule has 0 aliphatic carbocycles. The molecule has 26 heavy (non-hydrogen) atoms. The molecular weight excluding hydrogens is 328 g/mol. The Morgan fingerprint density at radius 1 is 1.08 bits per heavy atom. The van der Waals surface area contributed by atoms with Crippen molar-refractivity contribution in [3.63, 3.8) is 0 Å². The zero-order valence-corrected chi connectivity index (χ0v) is 14.9. The van der Waals surface area contributed by atoms with Gasteiger partial charge in [0.1, 0.15) is 5.54 Å². The summed E-state index contributed by atoms with van der Waals surface area (Å²) in [6, 6.07) is 18.0. The first-order valence-corrected chi connectivity index (χ1v) is 9.04. The molecule has 0 spiro atoms. The van der Waals surface area contributed by atoms with Crippen molar-refractivity contribution in [2.75, 3.05) is 25.1 Å². The smallest absolute Gasteiger partial charge is 0.244 e. The van der Waals surface area contributed by atoms with Gasteiger partial charge < -0.3 is 20.5 Å². The van der Waals surface area contributed by atoms with Crippen molar-refractivity contribution in [2.24, 2.45) is 5.73 Å². The molecule has 0 aromatic heterocycles. The molecule has 1 heterocycles. The standard InChI is InChI=1S/C21H26N2O3/c22-21(10-13-25-14-11-21)20(24)23-19-8-4-7-18(15-19)16-26-12-9-17-5-2-1-3-6-17/h1-8,15H,9-14,16,22H2,(H,23,24). The van der Waals surface area contributed by atoms with Crippen molar-refractivity contribution in [3.8, 4) is 0 Å². The second-order valence-electron chi connectivity index (χ2n) is 6.71. The molecule has 1 fully saturated rings. The number of benzene rings is 2. The van der Waals surface area contributed by atoms with Crippen LogP contribution >= 0.6 is 0 Å². The largest absolute Gasteiger partial charge is 0.381 e. The number of nitrogens with one attached hydrogen (secondary N) is 1. The summed E-state index contributed by atoms with van der Waals surface area (Å²) < 4.78 is 11.1. The molecule has 0 bridgehead atoms. The van der Waals surface area contributed by atoms with Crippen LogP contribution in [0.1, 0.15) is 24.0 Å². The minimum absolute atomic E-state index is 0.150. The van der Waals surface area contributed by atoms with Crippen LogP contribution in [0.4, 0.5) is 5.69 Å². The Kier molecular flexibility index (Phi) is 6.39. The summed E-state index contributed by atoms with van der Waals surface area (Å²) in [7, 11) is 0. The van der Waals surface area contributed by atoms with Gasteiger partial charge in [-0.1, -0.05) is 42.5 Å². The molecule has 5 heteroatoms. The van der Waals surface area contributed by atoms with Gasteiger partial charge in [-0.3, -0.25) is 4.79 Å². The lowest BCUT2D eigenvalue weighted by atomic mass is 9.90. The van der Waals surface area contributed by atoms with Crippen LogP contribution in [-0.2, 0) is 27.3 Å². The molecule has 2 aromatic rings. The molecule has 1 amide bonds. The molecule has 0 saturated carbocycles. The summed E-state index contributed by atoms with van der Waals surface area (Å²) >= 11 is 0. The molecule has 2 aromatic carbocycles. The molecule has 0 atom stereocenters. The third-order valence-electron chi connectivity index (χ3n) is 4.67. The summed E-state index contributed by atoms with van der Waals surface area (Å²) in [4.78, 5) is 12.5. The van der Waals surface area contributed by atoms with E-state index in [0.29, 0.717) is 39.3 Å². The topological polar surface area (TPSA) is 73.6 Å². The average Bonchev–Trinajstić information content (AvgIpc) is 2.67. The van der Waals surface area contributed by atoms with Crippen LogP contribution in [0.25, 0.3) is 0 Å². The number of anilines is 1. The predicted molar refractivity (Wildman–Crippen MR) is 102 cm³/mol. The highest BCUT2D eigenvalue weighted by atomic mass is 16.5. The van der Waals surface area contributed by atoms with E-state index in [1.165, 1.54) is 5.56 Å². The van der Waals surface area contributed by atoms with Crippen LogP contribution in [0, 0.1) is 0 Å². The highest BCUT2D eigenvalue weighted by molar-refractivity contribution is 5.98. The Morgan fingerprint density at radius 3 is 2.58 bits per heavy atom. The van der Waals surface area contributed by atoms with Gasteiger partial charge in [-0.15, -0.1) is 0 Å². The maximum Gasteiger partial charge on any atom is 0.244 e. The molecule has 5 nitrogen and oxygen atoms in total. The number of carbonyl (C=O) groups excluding carboxylic acids is 1. The maximum atomic E-state index is 12.5. The third-order valence-corrected chi connectivity index (χ3v) is 4.67. The van der Waals surface area contributed by atoms with E-state index in [1.54, 1.807) is 0 Å². The minimum Gasteiger partial charge on any atom is -0.381 e. The zero-order valence-electron chi connectivity index (χ0n) is 14.9. The molecule has 3 rings (SSSR count). The number of amides is 1. The normalized spacial score (nSPS) is 16.2. The summed E-state index contributed by atoms with van der Waals surface area (Å²) in [5.74, 6) is -0.150. The fraction of sp³-hybridized carbons (Fsp3) is 0.381. The van der Waals surface area contributed by atoms with E-state index in [-0.39, 0.29) is 5.91 Å². The van der Waals surface area contributed by atoms with Gasteiger partial charge in [-0.25, -0.2) is 0 Å². The summed E-state index contributed by atoms with van der Waals surface area (Å²) in [6.07, 6.45) is 1.97. The van der Waals surface area contributed by atoms with E-state index in [9.17, 15) is 4.79 Å². The lowest BCUT2D eigenvalue weighted by Gasteiger charge is -2.31. The quantitative estimate of drug-likeness (QED) is 0.750. The molecule has 0 radical (unpaired) electrons. The van der Waals surface area contributed by atoms with Crippen LogP contribution in [-0.4, -0.2) is 31.3 Å². The molecular formula is C21H26N2O3. The van der Waals surface area contributed by atoms with E-state index in [2.05, 4.69) is 17.4 Å². The average molecular weight is 354 g/mol. The SMILES string of the molecule is NC1(C(=O)Nc2cccc(COCCc3ccccc3)c2)CCOCC1. The highest BCUT2D eigenvalue weighted by Gasteiger charge is 2.35. The van der Waals surface area contributed by atoms with Crippen molar-refractivity contribution in [3.05, 3.63) is 65.7 Å². The van der Waals surface area contributed by atoms with Crippen molar-refractivity contribution in [2.45, 2.75) is 31.4 Å². The molecule has 1 aliphatic heterocycles. The first kappa shape index (κ1) is 18.6. The third kappa shape index (κ3) is 5.14. The number of ether oxygens (including phenoxy) is 2. The first-order chi connectivity index (χ1) is 12.7. The highest BCUT2D eigenvalue weighted by Crippen LogP contribution is 2.21. The van der Waals surface area contributed by atoms with Gasteiger partial charge in [0.15, 0.2) is 0 Å². The zero-order chi connectivity index (χ0) is 18.2. The van der Waals surface area contributed by atoms with Gasteiger partial charge in [0, 0.05) is 18.9 Å². The fourth-order valence-corrected chi connectivity index (χ4v) is 2.98. The second-order valence-corrected chi connectivity index (χ2v) is 6.71. The summed E-state index contributed by atoms with van der Waals surface area (Å²) in [5, 5.41) is 2.93. The van der Waals surface area contributed by atoms with Gasteiger partial charge in [0.25, 0.3) is 0 Å². The van der Waals surface area contributed by atoms with Crippen molar-refractivity contribution in [1.82, 2.24) is 0 Å². The minimum atomic E-state index is -0.847. The van der Waals surface area contributed by atoms with Crippen LogP contribution in [0.5, 0.6) is 0 Å². The second kappa shape index (κ2) is 8.94. The van der Waals surface area contributed by atoms with Gasteiger partial charge in [-0.2, -0.15) is 0 Å². The van der Waals surface area contributed by atoms with Gasteiger partial charge in [0.05, 0.1) is 13.2 Å². The number of nitrogens with two attached hydrogens (primary N) is 1. The van der Waals surface area contributed by atoms with E-state index >= 15 is 0 Å². The van der Waals surface area contributed by atoms with Gasteiger partial charge >= 0.3 is 0 Å². The Balaban J connectivity index is 1.49. The van der Waals surface area contributed by atoms with Crippen LogP contribution in [0.15, 0.2) is 54.6 Å². The first-order valence-electron chi connectivity index (χ1n) is 9.04. The number of hydrogen-bond acceptors (Lipinski definition) is 4. The lowest BCUT2D eigenvalue weighted by Crippen LogP contribution is -2.54. The monoisotopic (exact) mass is 354 g/mol. The van der Waals surface area contributed by atoms with E-state index in [0.717, 1.165) is 17.7 Å². The molecule has 1 saturated heterocycles. The maximum absolute atomic E-state index is 12.5.